The van der Waals surface area contributed by atoms with Crippen LogP contribution in [-0.2, 0) is 0 Å². The SMILES string of the molecule is CCCNC(CC)CCCOc1cc(C)ccc1C. The second-order valence-corrected chi connectivity index (χ2v) is 5.32. The molecule has 0 heterocycles. The van der Waals surface area contributed by atoms with Gasteiger partial charge in [0.15, 0.2) is 0 Å². The molecule has 0 aliphatic rings. The topological polar surface area (TPSA) is 21.3 Å². The Hall–Kier alpha value is -1.02. The van der Waals surface area contributed by atoms with E-state index in [1.54, 1.807) is 0 Å². The van der Waals surface area contributed by atoms with Gasteiger partial charge in [-0.25, -0.2) is 0 Å². The van der Waals surface area contributed by atoms with Gasteiger partial charge in [0.25, 0.3) is 0 Å². The first-order valence-corrected chi connectivity index (χ1v) is 7.60. The highest BCUT2D eigenvalue weighted by molar-refractivity contribution is 5.35. The van der Waals surface area contributed by atoms with E-state index in [0.29, 0.717) is 6.04 Å². The fourth-order valence-electron chi connectivity index (χ4n) is 2.17. The predicted molar refractivity (Wildman–Crippen MR) is 83.0 cm³/mol. The Labute approximate surface area is 118 Å². The minimum absolute atomic E-state index is 0.641. The summed E-state index contributed by atoms with van der Waals surface area (Å²) in [5.74, 6) is 1.04. The Bertz CT molecular complexity index is 362. The molecule has 0 amide bonds. The summed E-state index contributed by atoms with van der Waals surface area (Å²) in [6, 6.07) is 7.02. The van der Waals surface area contributed by atoms with Gasteiger partial charge < -0.3 is 10.1 Å². The molecule has 1 rings (SSSR count). The van der Waals surface area contributed by atoms with Gasteiger partial charge in [0.2, 0.25) is 0 Å². The molecule has 1 aromatic rings. The zero-order valence-corrected chi connectivity index (χ0v) is 13.0. The lowest BCUT2D eigenvalue weighted by atomic mass is 10.1. The van der Waals surface area contributed by atoms with Gasteiger partial charge in [-0.1, -0.05) is 26.0 Å². The minimum atomic E-state index is 0.641. The molecule has 1 atom stereocenters. The fourth-order valence-corrected chi connectivity index (χ4v) is 2.17. The van der Waals surface area contributed by atoms with Gasteiger partial charge >= 0.3 is 0 Å². The Kier molecular flexibility index (Phi) is 7.57. The summed E-state index contributed by atoms with van der Waals surface area (Å²) in [6.45, 7) is 10.6. The monoisotopic (exact) mass is 263 g/mol. The van der Waals surface area contributed by atoms with Crippen LogP contribution in [-0.4, -0.2) is 19.2 Å². The van der Waals surface area contributed by atoms with E-state index >= 15 is 0 Å². The summed E-state index contributed by atoms with van der Waals surface area (Å²) < 4.78 is 5.89. The molecule has 0 aliphatic carbocycles. The van der Waals surface area contributed by atoms with Gasteiger partial charge in [-0.2, -0.15) is 0 Å². The van der Waals surface area contributed by atoms with E-state index in [9.17, 15) is 0 Å². The van der Waals surface area contributed by atoms with Gasteiger partial charge in [0.05, 0.1) is 6.61 Å². The predicted octanol–water partition coefficient (Wildman–Crippen LogP) is 4.24. The van der Waals surface area contributed by atoms with Crippen molar-refractivity contribution < 1.29 is 4.74 Å². The highest BCUT2D eigenvalue weighted by Gasteiger charge is 2.05. The van der Waals surface area contributed by atoms with Crippen LogP contribution in [0.3, 0.4) is 0 Å². The molecule has 1 aromatic carbocycles. The Morgan fingerprint density at radius 2 is 2.00 bits per heavy atom. The third-order valence-corrected chi connectivity index (χ3v) is 3.47. The van der Waals surface area contributed by atoms with Crippen LogP contribution in [0.2, 0.25) is 0 Å². The van der Waals surface area contributed by atoms with E-state index in [4.69, 9.17) is 4.74 Å². The largest absolute Gasteiger partial charge is 0.493 e. The average Bonchev–Trinajstić information content (AvgIpc) is 2.41. The van der Waals surface area contributed by atoms with Crippen molar-refractivity contribution >= 4 is 0 Å². The molecule has 0 aromatic heterocycles. The molecule has 2 nitrogen and oxygen atoms in total. The van der Waals surface area contributed by atoms with E-state index in [-0.39, 0.29) is 0 Å². The molecule has 0 aliphatic heterocycles. The maximum atomic E-state index is 5.89. The summed E-state index contributed by atoms with van der Waals surface area (Å²) in [5, 5.41) is 3.58. The van der Waals surface area contributed by atoms with Crippen LogP contribution in [0.1, 0.15) is 50.7 Å². The third kappa shape index (κ3) is 6.11. The molecule has 1 unspecified atom stereocenters. The standard InChI is InChI=1S/C17H29NO/c1-5-11-18-16(6-2)8-7-12-19-17-13-14(3)9-10-15(17)4/h9-10,13,16,18H,5-8,11-12H2,1-4H3. The van der Waals surface area contributed by atoms with E-state index in [1.165, 1.54) is 30.4 Å². The molecule has 0 bridgehead atoms. The number of ether oxygens (including phenoxy) is 1. The highest BCUT2D eigenvalue weighted by Crippen LogP contribution is 2.19. The molecule has 1 N–H and O–H groups in total. The average molecular weight is 263 g/mol. The van der Waals surface area contributed by atoms with Crippen LogP contribution in [0.4, 0.5) is 0 Å². The molecular formula is C17H29NO. The van der Waals surface area contributed by atoms with Crippen molar-refractivity contribution in [2.45, 2.75) is 59.4 Å². The van der Waals surface area contributed by atoms with Crippen molar-refractivity contribution in [1.29, 1.82) is 0 Å². The maximum absolute atomic E-state index is 5.89. The van der Waals surface area contributed by atoms with Gasteiger partial charge in [-0.05, 0) is 63.3 Å². The fraction of sp³-hybridized carbons (Fsp3) is 0.647. The van der Waals surface area contributed by atoms with Gasteiger partial charge in [0, 0.05) is 6.04 Å². The van der Waals surface area contributed by atoms with Gasteiger partial charge in [0.1, 0.15) is 5.75 Å². The first-order chi connectivity index (χ1) is 9.17. The quantitative estimate of drug-likeness (QED) is 0.673. The third-order valence-electron chi connectivity index (χ3n) is 3.47. The summed E-state index contributed by atoms with van der Waals surface area (Å²) in [6.07, 6.45) is 4.71. The highest BCUT2D eigenvalue weighted by atomic mass is 16.5. The first kappa shape index (κ1) is 16.0. The number of aryl methyl sites for hydroxylation is 2. The smallest absolute Gasteiger partial charge is 0.122 e. The van der Waals surface area contributed by atoms with Crippen LogP contribution in [0.5, 0.6) is 5.75 Å². The maximum Gasteiger partial charge on any atom is 0.122 e. The van der Waals surface area contributed by atoms with Gasteiger partial charge in [-0.15, -0.1) is 0 Å². The van der Waals surface area contributed by atoms with E-state index < -0.39 is 0 Å². The molecule has 19 heavy (non-hydrogen) atoms. The molecule has 0 saturated heterocycles. The second-order valence-electron chi connectivity index (χ2n) is 5.32. The normalized spacial score (nSPS) is 12.4. The second kappa shape index (κ2) is 8.98. The zero-order valence-electron chi connectivity index (χ0n) is 13.0. The molecule has 0 radical (unpaired) electrons. The van der Waals surface area contributed by atoms with Gasteiger partial charge in [-0.3, -0.25) is 0 Å². The van der Waals surface area contributed by atoms with Crippen molar-refractivity contribution in [3.05, 3.63) is 29.3 Å². The van der Waals surface area contributed by atoms with Crippen molar-refractivity contribution in [2.24, 2.45) is 0 Å². The van der Waals surface area contributed by atoms with Crippen LogP contribution >= 0.6 is 0 Å². The number of hydrogen-bond donors (Lipinski definition) is 1. The lowest BCUT2D eigenvalue weighted by Gasteiger charge is -2.17. The van der Waals surface area contributed by atoms with Crippen molar-refractivity contribution in [2.75, 3.05) is 13.2 Å². The molecule has 108 valence electrons. The Morgan fingerprint density at radius 1 is 1.21 bits per heavy atom. The Morgan fingerprint density at radius 3 is 2.68 bits per heavy atom. The molecule has 2 heteroatoms. The lowest BCUT2D eigenvalue weighted by molar-refractivity contribution is 0.292. The Balaban J connectivity index is 2.27. The van der Waals surface area contributed by atoms with Crippen LogP contribution in [0.25, 0.3) is 0 Å². The van der Waals surface area contributed by atoms with E-state index in [2.05, 4.69) is 51.2 Å². The van der Waals surface area contributed by atoms with Crippen LogP contribution < -0.4 is 10.1 Å². The first-order valence-electron chi connectivity index (χ1n) is 7.60. The molecule has 0 spiro atoms. The number of hydrogen-bond acceptors (Lipinski definition) is 2. The summed E-state index contributed by atoms with van der Waals surface area (Å²) in [7, 11) is 0. The summed E-state index contributed by atoms with van der Waals surface area (Å²) in [5.41, 5.74) is 2.48. The minimum Gasteiger partial charge on any atom is -0.493 e. The number of nitrogens with one attached hydrogen (secondary N) is 1. The summed E-state index contributed by atoms with van der Waals surface area (Å²) >= 11 is 0. The van der Waals surface area contributed by atoms with E-state index in [1.807, 2.05) is 0 Å². The van der Waals surface area contributed by atoms with E-state index in [0.717, 1.165) is 25.3 Å². The number of rotatable bonds is 9. The van der Waals surface area contributed by atoms with Crippen molar-refractivity contribution in [3.63, 3.8) is 0 Å². The molecule has 0 saturated carbocycles. The van der Waals surface area contributed by atoms with Crippen LogP contribution in [0.15, 0.2) is 18.2 Å². The van der Waals surface area contributed by atoms with Crippen LogP contribution in [0, 0.1) is 13.8 Å². The molecular weight excluding hydrogens is 234 g/mol. The number of benzene rings is 1. The zero-order chi connectivity index (χ0) is 14.1. The molecule has 0 fully saturated rings. The lowest BCUT2D eigenvalue weighted by Crippen LogP contribution is -2.29. The van der Waals surface area contributed by atoms with Crippen molar-refractivity contribution in [3.8, 4) is 5.75 Å². The summed E-state index contributed by atoms with van der Waals surface area (Å²) in [4.78, 5) is 0. The van der Waals surface area contributed by atoms with Crippen molar-refractivity contribution in [1.82, 2.24) is 5.32 Å².